The molecule has 4 heteroatoms. The first kappa shape index (κ1) is 13.3. The van der Waals surface area contributed by atoms with Crippen LogP contribution in [0.3, 0.4) is 0 Å². The fourth-order valence-electron chi connectivity index (χ4n) is 2.62. The van der Waals surface area contributed by atoms with Crippen molar-refractivity contribution >= 4 is 0 Å². The lowest BCUT2D eigenvalue weighted by Gasteiger charge is -2.34. The van der Waals surface area contributed by atoms with Crippen molar-refractivity contribution < 1.29 is 0 Å². The minimum absolute atomic E-state index is 0.108. The van der Waals surface area contributed by atoms with Crippen molar-refractivity contribution in [3.63, 3.8) is 0 Å². The fraction of sp³-hybridized carbons (Fsp3) is 0.714. The van der Waals surface area contributed by atoms with Crippen molar-refractivity contribution in [2.24, 2.45) is 5.92 Å². The molecule has 1 aliphatic rings. The van der Waals surface area contributed by atoms with Crippen molar-refractivity contribution in [1.29, 1.82) is 0 Å². The van der Waals surface area contributed by atoms with E-state index in [0.717, 1.165) is 25.2 Å². The number of hydrogen-bond acceptors (Lipinski definition) is 3. The Morgan fingerprint density at radius 1 is 1.39 bits per heavy atom. The quantitative estimate of drug-likeness (QED) is 0.818. The molecular weight excluding hydrogens is 226 g/mol. The third-order valence-corrected chi connectivity index (χ3v) is 3.91. The average Bonchev–Trinajstić information content (AvgIpc) is 2.36. The molecule has 1 aliphatic heterocycles. The van der Waals surface area contributed by atoms with Gasteiger partial charge in [-0.15, -0.1) is 0 Å². The Hall–Kier alpha value is -1.16. The third kappa shape index (κ3) is 2.99. The second-order valence-corrected chi connectivity index (χ2v) is 5.61. The fourth-order valence-corrected chi connectivity index (χ4v) is 2.62. The number of piperidine rings is 1. The van der Waals surface area contributed by atoms with Crippen molar-refractivity contribution in [3.8, 4) is 0 Å². The van der Waals surface area contributed by atoms with E-state index in [4.69, 9.17) is 0 Å². The van der Waals surface area contributed by atoms with Gasteiger partial charge in [0.15, 0.2) is 0 Å². The lowest BCUT2D eigenvalue weighted by Crippen LogP contribution is -2.40. The first-order chi connectivity index (χ1) is 8.58. The van der Waals surface area contributed by atoms with E-state index in [2.05, 4.69) is 23.7 Å². The molecule has 0 saturated carbocycles. The Morgan fingerprint density at radius 3 is 2.67 bits per heavy atom. The second-order valence-electron chi connectivity index (χ2n) is 5.61. The summed E-state index contributed by atoms with van der Waals surface area (Å²) in [7, 11) is 0. The Balaban J connectivity index is 1.96. The summed E-state index contributed by atoms with van der Waals surface area (Å²) < 4.78 is 1.77. The van der Waals surface area contributed by atoms with Gasteiger partial charge in [0.05, 0.1) is 6.33 Å². The van der Waals surface area contributed by atoms with Crippen molar-refractivity contribution in [3.05, 3.63) is 28.4 Å². The van der Waals surface area contributed by atoms with Crippen LogP contribution in [0.15, 0.2) is 17.3 Å². The molecule has 100 valence electrons. The predicted octanol–water partition coefficient (Wildman–Crippen LogP) is 1.67. The highest BCUT2D eigenvalue weighted by Gasteiger charge is 2.21. The third-order valence-electron chi connectivity index (χ3n) is 3.91. The summed E-state index contributed by atoms with van der Waals surface area (Å²) >= 11 is 0. The van der Waals surface area contributed by atoms with Crippen LogP contribution < -0.4 is 5.56 Å². The van der Waals surface area contributed by atoms with E-state index in [1.807, 2.05) is 6.92 Å². The number of rotatable bonds is 3. The molecule has 2 rings (SSSR count). The summed E-state index contributed by atoms with van der Waals surface area (Å²) in [6.07, 6.45) is 5.67. The van der Waals surface area contributed by atoms with Crippen LogP contribution in [0.2, 0.25) is 0 Å². The van der Waals surface area contributed by atoms with Gasteiger partial charge in [-0.1, -0.05) is 0 Å². The van der Waals surface area contributed by atoms with Crippen LogP contribution in [0.1, 0.15) is 32.3 Å². The summed E-state index contributed by atoms with van der Waals surface area (Å²) in [5.41, 5.74) is 0.841. The molecule has 0 unspecified atom stereocenters. The lowest BCUT2D eigenvalue weighted by atomic mass is 9.96. The van der Waals surface area contributed by atoms with E-state index in [9.17, 15) is 4.79 Å². The van der Waals surface area contributed by atoms with E-state index in [0.29, 0.717) is 12.0 Å². The highest BCUT2D eigenvalue weighted by molar-refractivity contribution is 5.00. The van der Waals surface area contributed by atoms with E-state index in [1.165, 1.54) is 12.8 Å². The summed E-state index contributed by atoms with van der Waals surface area (Å²) in [5.74, 6) is 0.612. The van der Waals surface area contributed by atoms with Crippen LogP contribution in [0.4, 0.5) is 0 Å². The summed E-state index contributed by atoms with van der Waals surface area (Å²) in [6, 6.07) is 0.634. The molecule has 0 atom stereocenters. The molecule has 0 radical (unpaired) electrons. The first-order valence-electron chi connectivity index (χ1n) is 6.83. The van der Waals surface area contributed by atoms with Gasteiger partial charge in [-0.3, -0.25) is 9.36 Å². The molecule has 0 aliphatic carbocycles. The first-order valence-corrected chi connectivity index (χ1v) is 6.83. The molecule has 0 aromatic carbocycles. The minimum atomic E-state index is 0.108. The molecular formula is C14H23N3O. The van der Waals surface area contributed by atoms with Gasteiger partial charge in [0, 0.05) is 24.3 Å². The van der Waals surface area contributed by atoms with Crippen molar-refractivity contribution in [2.45, 2.75) is 46.2 Å². The topological polar surface area (TPSA) is 38.1 Å². The summed E-state index contributed by atoms with van der Waals surface area (Å²) in [6.45, 7) is 9.43. The van der Waals surface area contributed by atoms with Crippen LogP contribution in [-0.2, 0) is 6.54 Å². The van der Waals surface area contributed by atoms with Gasteiger partial charge in [-0.25, -0.2) is 4.98 Å². The van der Waals surface area contributed by atoms with Crippen LogP contribution in [0, 0.1) is 12.8 Å². The van der Waals surface area contributed by atoms with Crippen LogP contribution in [-0.4, -0.2) is 33.6 Å². The highest BCUT2D eigenvalue weighted by atomic mass is 16.1. The predicted molar refractivity (Wildman–Crippen MR) is 72.7 cm³/mol. The molecule has 1 saturated heterocycles. The zero-order valence-electron chi connectivity index (χ0n) is 11.6. The van der Waals surface area contributed by atoms with E-state index in [1.54, 1.807) is 17.1 Å². The largest absolute Gasteiger partial charge is 0.301 e. The Kier molecular flexibility index (Phi) is 4.17. The number of likely N-dealkylation sites (tertiary alicyclic amines) is 1. The van der Waals surface area contributed by atoms with Crippen LogP contribution >= 0.6 is 0 Å². The number of nitrogens with zero attached hydrogens (tertiary/aromatic N) is 3. The van der Waals surface area contributed by atoms with E-state index in [-0.39, 0.29) is 5.56 Å². The Morgan fingerprint density at radius 2 is 2.06 bits per heavy atom. The van der Waals surface area contributed by atoms with Crippen molar-refractivity contribution in [2.75, 3.05) is 13.1 Å². The monoisotopic (exact) mass is 249 g/mol. The molecule has 18 heavy (non-hydrogen) atoms. The van der Waals surface area contributed by atoms with Crippen molar-refractivity contribution in [1.82, 2.24) is 14.5 Å². The molecule has 1 aromatic rings. The highest BCUT2D eigenvalue weighted by Crippen LogP contribution is 2.19. The molecule has 4 nitrogen and oxygen atoms in total. The van der Waals surface area contributed by atoms with Crippen LogP contribution in [0.25, 0.3) is 0 Å². The molecule has 0 spiro atoms. The normalized spacial score (nSPS) is 18.4. The average molecular weight is 249 g/mol. The van der Waals surface area contributed by atoms with Gasteiger partial charge in [0.2, 0.25) is 0 Å². The molecule has 0 amide bonds. The maximum absolute atomic E-state index is 11.9. The van der Waals surface area contributed by atoms with E-state index < -0.39 is 0 Å². The lowest BCUT2D eigenvalue weighted by molar-refractivity contribution is 0.141. The van der Waals surface area contributed by atoms with Gasteiger partial charge in [0.1, 0.15) is 0 Å². The van der Waals surface area contributed by atoms with Crippen LogP contribution in [0.5, 0.6) is 0 Å². The van der Waals surface area contributed by atoms with Gasteiger partial charge >= 0.3 is 0 Å². The van der Waals surface area contributed by atoms with Gasteiger partial charge in [-0.2, -0.15) is 0 Å². The zero-order valence-corrected chi connectivity index (χ0v) is 11.6. The van der Waals surface area contributed by atoms with Gasteiger partial charge in [0.25, 0.3) is 5.56 Å². The molecule has 0 N–H and O–H groups in total. The number of aromatic nitrogens is 2. The van der Waals surface area contributed by atoms with Gasteiger partial charge < -0.3 is 4.90 Å². The van der Waals surface area contributed by atoms with Gasteiger partial charge in [-0.05, 0) is 52.6 Å². The number of hydrogen-bond donors (Lipinski definition) is 0. The Labute approximate surface area is 109 Å². The molecule has 1 aromatic heterocycles. The molecule has 0 bridgehead atoms. The summed E-state index contributed by atoms with van der Waals surface area (Å²) in [5, 5.41) is 0. The smallest absolute Gasteiger partial charge is 0.256 e. The maximum Gasteiger partial charge on any atom is 0.256 e. The molecule has 1 fully saturated rings. The number of aryl methyl sites for hydroxylation is 1. The SMILES string of the molecule is Cc1cncn(CC2CCN(C(C)C)CC2)c1=O. The zero-order chi connectivity index (χ0) is 13.1. The maximum atomic E-state index is 11.9. The standard InChI is InChI=1S/C14H23N3O/c1-11(2)16-6-4-13(5-7-16)9-17-10-15-8-12(3)14(17)18/h8,10-11,13H,4-7,9H2,1-3H3. The van der Waals surface area contributed by atoms with E-state index >= 15 is 0 Å². The summed E-state index contributed by atoms with van der Waals surface area (Å²) in [4.78, 5) is 18.5. The Bertz CT molecular complexity index is 445. The second kappa shape index (κ2) is 5.65. The molecule has 2 heterocycles. The minimum Gasteiger partial charge on any atom is -0.301 e.